The lowest BCUT2D eigenvalue weighted by molar-refractivity contribution is 0.389. The van der Waals surface area contributed by atoms with Crippen LogP contribution in [0.2, 0.25) is 0 Å². The van der Waals surface area contributed by atoms with Crippen LogP contribution in [0.1, 0.15) is 32.2 Å². The molecule has 2 rings (SSSR count). The molecule has 0 radical (unpaired) electrons. The van der Waals surface area contributed by atoms with Crippen molar-refractivity contribution >= 4 is 11.6 Å². The quantitative estimate of drug-likeness (QED) is 0.784. The third-order valence-electron chi connectivity index (χ3n) is 3.03. The van der Waals surface area contributed by atoms with E-state index in [4.69, 9.17) is 11.6 Å². The SMILES string of the molecule is Cc1ccc(F)c(-c2nnc(CCl)n2C(C)(C)C)c1F. The summed E-state index contributed by atoms with van der Waals surface area (Å²) < 4.78 is 30.0. The molecule has 0 spiro atoms. The lowest BCUT2D eigenvalue weighted by Gasteiger charge is -2.25. The van der Waals surface area contributed by atoms with Crippen molar-refractivity contribution in [3.63, 3.8) is 0 Å². The molecule has 1 aromatic heterocycles. The van der Waals surface area contributed by atoms with E-state index in [1.54, 1.807) is 11.5 Å². The van der Waals surface area contributed by atoms with Gasteiger partial charge in [-0.1, -0.05) is 6.07 Å². The minimum Gasteiger partial charge on any atom is -0.304 e. The van der Waals surface area contributed by atoms with Gasteiger partial charge in [0.2, 0.25) is 0 Å². The summed E-state index contributed by atoms with van der Waals surface area (Å²) in [4.78, 5) is 0. The van der Waals surface area contributed by atoms with Crippen LogP contribution in [0.25, 0.3) is 11.4 Å². The van der Waals surface area contributed by atoms with Gasteiger partial charge in [0.15, 0.2) is 5.82 Å². The molecular weight excluding hydrogens is 284 g/mol. The maximum absolute atomic E-state index is 14.3. The molecule has 0 atom stereocenters. The summed E-state index contributed by atoms with van der Waals surface area (Å²) in [6.45, 7) is 7.29. The van der Waals surface area contributed by atoms with Crippen molar-refractivity contribution in [2.24, 2.45) is 0 Å². The summed E-state index contributed by atoms with van der Waals surface area (Å²) >= 11 is 5.84. The van der Waals surface area contributed by atoms with Crippen molar-refractivity contribution in [3.05, 3.63) is 35.2 Å². The minimum absolute atomic E-state index is 0.124. The summed E-state index contributed by atoms with van der Waals surface area (Å²) in [6, 6.07) is 2.63. The zero-order chi connectivity index (χ0) is 15.1. The minimum atomic E-state index is -0.660. The fraction of sp³-hybridized carbons (Fsp3) is 0.429. The lowest BCUT2D eigenvalue weighted by Crippen LogP contribution is -2.25. The van der Waals surface area contributed by atoms with Gasteiger partial charge in [-0.15, -0.1) is 21.8 Å². The van der Waals surface area contributed by atoms with Gasteiger partial charge in [0.05, 0.1) is 11.4 Å². The van der Waals surface area contributed by atoms with Crippen molar-refractivity contribution in [3.8, 4) is 11.4 Å². The van der Waals surface area contributed by atoms with Gasteiger partial charge in [0, 0.05) is 5.54 Å². The highest BCUT2D eigenvalue weighted by Crippen LogP contribution is 2.31. The molecule has 0 bridgehead atoms. The third kappa shape index (κ3) is 2.42. The van der Waals surface area contributed by atoms with Crippen LogP contribution in [0, 0.1) is 18.6 Å². The Kier molecular flexibility index (Phi) is 3.82. The van der Waals surface area contributed by atoms with Crippen LogP contribution in [-0.4, -0.2) is 14.8 Å². The van der Waals surface area contributed by atoms with E-state index in [2.05, 4.69) is 10.2 Å². The van der Waals surface area contributed by atoms with Gasteiger partial charge in [0.25, 0.3) is 0 Å². The molecule has 0 aliphatic carbocycles. The second kappa shape index (κ2) is 5.13. The average Bonchev–Trinajstić information content (AvgIpc) is 2.78. The van der Waals surface area contributed by atoms with Crippen molar-refractivity contribution in [2.45, 2.75) is 39.1 Å². The normalized spacial score (nSPS) is 11.9. The van der Waals surface area contributed by atoms with Crippen molar-refractivity contribution in [1.29, 1.82) is 0 Å². The number of halogens is 3. The standard InChI is InChI=1S/C14H16ClF2N3/c1-8-5-6-9(16)11(12(8)17)13-19-18-10(7-15)20(13)14(2,3)4/h5-6H,7H2,1-4H3. The van der Waals surface area contributed by atoms with Gasteiger partial charge in [-0.3, -0.25) is 0 Å². The molecule has 108 valence electrons. The van der Waals surface area contributed by atoms with Crippen LogP contribution < -0.4 is 0 Å². The molecule has 0 aliphatic rings. The molecule has 1 aromatic carbocycles. The maximum atomic E-state index is 14.3. The molecule has 0 amide bonds. The Bertz CT molecular complexity index is 645. The van der Waals surface area contributed by atoms with Crippen LogP contribution in [0.3, 0.4) is 0 Å². The van der Waals surface area contributed by atoms with Gasteiger partial charge in [0.1, 0.15) is 17.5 Å². The van der Waals surface area contributed by atoms with Gasteiger partial charge in [-0.05, 0) is 39.3 Å². The van der Waals surface area contributed by atoms with Gasteiger partial charge in [-0.2, -0.15) is 0 Å². The Labute approximate surface area is 121 Å². The summed E-state index contributed by atoms with van der Waals surface area (Å²) in [7, 11) is 0. The predicted octanol–water partition coefficient (Wildman–Crippen LogP) is 4.03. The summed E-state index contributed by atoms with van der Waals surface area (Å²) in [6.07, 6.45) is 0. The monoisotopic (exact) mass is 299 g/mol. The van der Waals surface area contributed by atoms with Crippen LogP contribution in [0.15, 0.2) is 12.1 Å². The van der Waals surface area contributed by atoms with Crippen molar-refractivity contribution in [1.82, 2.24) is 14.8 Å². The maximum Gasteiger partial charge on any atom is 0.170 e. The third-order valence-corrected chi connectivity index (χ3v) is 3.27. The number of hydrogen-bond acceptors (Lipinski definition) is 2. The fourth-order valence-corrected chi connectivity index (χ4v) is 2.30. The highest BCUT2D eigenvalue weighted by atomic mass is 35.5. The van der Waals surface area contributed by atoms with E-state index in [9.17, 15) is 8.78 Å². The van der Waals surface area contributed by atoms with Crippen molar-refractivity contribution in [2.75, 3.05) is 0 Å². The topological polar surface area (TPSA) is 30.7 Å². The van der Waals surface area contributed by atoms with E-state index in [0.717, 1.165) is 0 Å². The van der Waals surface area contributed by atoms with Crippen molar-refractivity contribution < 1.29 is 8.78 Å². The number of hydrogen-bond donors (Lipinski definition) is 0. The van der Waals surface area contributed by atoms with E-state index >= 15 is 0 Å². The summed E-state index contributed by atoms with van der Waals surface area (Å²) in [5.41, 5.74) is -0.243. The van der Waals surface area contributed by atoms with E-state index < -0.39 is 17.2 Å². The molecule has 0 saturated heterocycles. The predicted molar refractivity (Wildman–Crippen MR) is 74.7 cm³/mol. The number of alkyl halides is 1. The first kappa shape index (κ1) is 14.9. The molecule has 6 heteroatoms. The van der Waals surface area contributed by atoms with Gasteiger partial charge < -0.3 is 4.57 Å². The number of rotatable bonds is 2. The molecule has 1 heterocycles. The Balaban J connectivity index is 2.78. The Morgan fingerprint density at radius 2 is 1.85 bits per heavy atom. The zero-order valence-electron chi connectivity index (χ0n) is 11.8. The number of aryl methyl sites for hydroxylation is 1. The van der Waals surface area contributed by atoms with E-state index in [1.807, 2.05) is 20.8 Å². The zero-order valence-corrected chi connectivity index (χ0v) is 12.6. The summed E-state index contributed by atoms with van der Waals surface area (Å²) in [5, 5.41) is 7.87. The van der Waals surface area contributed by atoms with E-state index in [0.29, 0.717) is 11.4 Å². The number of aromatic nitrogens is 3. The summed E-state index contributed by atoms with van der Waals surface area (Å²) in [5.74, 6) is -0.517. The Morgan fingerprint density at radius 3 is 2.40 bits per heavy atom. The molecule has 0 saturated carbocycles. The molecule has 3 nitrogen and oxygen atoms in total. The molecule has 0 unspecified atom stereocenters. The largest absolute Gasteiger partial charge is 0.304 e. The van der Waals surface area contributed by atoms with E-state index in [1.165, 1.54) is 12.1 Å². The lowest BCUT2D eigenvalue weighted by atomic mass is 10.1. The van der Waals surface area contributed by atoms with Crippen LogP contribution in [0.4, 0.5) is 8.78 Å². The first-order valence-electron chi connectivity index (χ1n) is 6.23. The van der Waals surface area contributed by atoms with Crippen LogP contribution >= 0.6 is 11.6 Å². The fourth-order valence-electron chi connectivity index (χ4n) is 2.13. The molecular formula is C14H16ClF2N3. The van der Waals surface area contributed by atoms with Gasteiger partial charge >= 0.3 is 0 Å². The second-order valence-electron chi connectivity index (χ2n) is 5.63. The molecule has 0 aliphatic heterocycles. The molecule has 0 fully saturated rings. The van der Waals surface area contributed by atoms with Crippen LogP contribution in [-0.2, 0) is 11.4 Å². The Hall–Kier alpha value is -1.49. The molecule has 0 N–H and O–H groups in total. The number of nitrogens with zero attached hydrogens (tertiary/aromatic N) is 3. The average molecular weight is 300 g/mol. The first-order valence-corrected chi connectivity index (χ1v) is 6.76. The highest BCUT2D eigenvalue weighted by Gasteiger charge is 2.27. The number of benzene rings is 1. The van der Waals surface area contributed by atoms with E-state index in [-0.39, 0.29) is 17.3 Å². The first-order chi connectivity index (χ1) is 9.27. The molecule has 20 heavy (non-hydrogen) atoms. The highest BCUT2D eigenvalue weighted by molar-refractivity contribution is 6.16. The molecule has 2 aromatic rings. The second-order valence-corrected chi connectivity index (χ2v) is 5.90. The van der Waals surface area contributed by atoms with Gasteiger partial charge in [-0.25, -0.2) is 8.78 Å². The Morgan fingerprint density at radius 1 is 1.20 bits per heavy atom. The van der Waals surface area contributed by atoms with Crippen LogP contribution in [0.5, 0.6) is 0 Å². The smallest absolute Gasteiger partial charge is 0.170 e.